The molecule has 1 aliphatic heterocycles. The number of nitrogen functional groups attached to an aromatic ring is 1. The third-order valence-electron chi connectivity index (χ3n) is 3.43. The van der Waals surface area contributed by atoms with E-state index in [1.54, 1.807) is 0 Å². The van der Waals surface area contributed by atoms with Crippen LogP contribution in [0.25, 0.3) is 0 Å². The van der Waals surface area contributed by atoms with Crippen molar-refractivity contribution < 1.29 is 9.53 Å². The van der Waals surface area contributed by atoms with Crippen LogP contribution < -0.4 is 11.1 Å². The van der Waals surface area contributed by atoms with E-state index in [0.717, 1.165) is 16.1 Å². The van der Waals surface area contributed by atoms with Crippen molar-refractivity contribution in [1.29, 1.82) is 0 Å². The zero-order valence-corrected chi connectivity index (χ0v) is 12.4. The summed E-state index contributed by atoms with van der Waals surface area (Å²) >= 11 is 1.45. The highest BCUT2D eigenvalue weighted by Gasteiger charge is 2.26. The molecule has 1 aliphatic rings. The van der Waals surface area contributed by atoms with Gasteiger partial charge in [0.15, 0.2) is 5.13 Å². The van der Waals surface area contributed by atoms with Gasteiger partial charge >= 0.3 is 0 Å². The molecule has 2 aromatic rings. The molecule has 0 aliphatic carbocycles. The van der Waals surface area contributed by atoms with Gasteiger partial charge in [-0.25, -0.2) is 4.98 Å². The predicted octanol–water partition coefficient (Wildman–Crippen LogP) is 2.05. The lowest BCUT2D eigenvalue weighted by Crippen LogP contribution is -2.22. The Balaban J connectivity index is 1.67. The molecule has 1 amide bonds. The van der Waals surface area contributed by atoms with Crippen LogP contribution >= 0.6 is 11.3 Å². The number of rotatable bonds is 4. The van der Waals surface area contributed by atoms with Gasteiger partial charge in [0.25, 0.3) is 0 Å². The average molecular weight is 303 g/mol. The van der Waals surface area contributed by atoms with Crippen LogP contribution in [0.2, 0.25) is 0 Å². The first-order valence-electron chi connectivity index (χ1n) is 6.86. The Bertz CT molecular complexity index is 627. The van der Waals surface area contributed by atoms with Crippen LogP contribution in [0, 0.1) is 0 Å². The van der Waals surface area contributed by atoms with Crippen LogP contribution in [0.5, 0.6) is 0 Å². The number of hydrogen-bond donors (Lipinski definition) is 2. The van der Waals surface area contributed by atoms with E-state index in [0.29, 0.717) is 31.3 Å². The number of nitrogens with two attached hydrogens (primary N) is 1. The number of amides is 1. The van der Waals surface area contributed by atoms with Gasteiger partial charge in [-0.05, 0) is 5.56 Å². The summed E-state index contributed by atoms with van der Waals surface area (Å²) in [6, 6.07) is 10.00. The second kappa shape index (κ2) is 6.24. The zero-order valence-electron chi connectivity index (χ0n) is 11.5. The van der Waals surface area contributed by atoms with Crippen molar-refractivity contribution in [2.75, 3.05) is 12.3 Å². The number of ether oxygens (including phenoxy) is 1. The SMILES string of the molecule is Nc1nc2c(s1)C(COCc1ccccc1)CC(=O)NC2. The molecule has 0 spiro atoms. The molecular weight excluding hydrogens is 286 g/mol. The summed E-state index contributed by atoms with van der Waals surface area (Å²) in [4.78, 5) is 17.1. The molecule has 2 heterocycles. The molecule has 110 valence electrons. The predicted molar refractivity (Wildman–Crippen MR) is 81.8 cm³/mol. The molecule has 1 aromatic carbocycles. The maximum absolute atomic E-state index is 11.8. The van der Waals surface area contributed by atoms with Crippen molar-refractivity contribution >= 4 is 22.4 Å². The smallest absolute Gasteiger partial charge is 0.221 e. The Morgan fingerprint density at radius 3 is 3.00 bits per heavy atom. The largest absolute Gasteiger partial charge is 0.376 e. The minimum atomic E-state index is 0.0287. The highest BCUT2D eigenvalue weighted by Crippen LogP contribution is 2.33. The van der Waals surface area contributed by atoms with Crippen LogP contribution in [0.1, 0.15) is 28.5 Å². The third kappa shape index (κ3) is 3.40. The zero-order chi connectivity index (χ0) is 14.7. The van der Waals surface area contributed by atoms with Crippen molar-refractivity contribution in [3.05, 3.63) is 46.5 Å². The fourth-order valence-electron chi connectivity index (χ4n) is 2.43. The van der Waals surface area contributed by atoms with E-state index < -0.39 is 0 Å². The highest BCUT2D eigenvalue weighted by molar-refractivity contribution is 7.15. The number of nitrogens with one attached hydrogen (secondary N) is 1. The van der Waals surface area contributed by atoms with Gasteiger partial charge in [0.05, 0.1) is 25.5 Å². The van der Waals surface area contributed by atoms with E-state index >= 15 is 0 Å². The summed E-state index contributed by atoms with van der Waals surface area (Å²) < 4.78 is 5.79. The number of aromatic nitrogens is 1. The molecule has 3 rings (SSSR count). The molecule has 1 atom stereocenters. The Morgan fingerprint density at radius 1 is 1.38 bits per heavy atom. The number of benzene rings is 1. The summed E-state index contributed by atoms with van der Waals surface area (Å²) in [7, 11) is 0. The number of thiazole rings is 1. The number of nitrogens with zero attached hydrogens (tertiary/aromatic N) is 1. The molecular formula is C15H17N3O2S. The number of carbonyl (C=O) groups is 1. The fourth-order valence-corrected chi connectivity index (χ4v) is 3.36. The lowest BCUT2D eigenvalue weighted by Gasteiger charge is -2.13. The third-order valence-corrected chi connectivity index (χ3v) is 4.52. The van der Waals surface area contributed by atoms with E-state index in [9.17, 15) is 4.79 Å². The molecule has 0 fully saturated rings. The fraction of sp³-hybridized carbons (Fsp3) is 0.333. The van der Waals surface area contributed by atoms with Crippen LogP contribution in [0.4, 0.5) is 5.13 Å². The maximum Gasteiger partial charge on any atom is 0.221 e. The van der Waals surface area contributed by atoms with Gasteiger partial charge in [-0.2, -0.15) is 0 Å². The molecule has 21 heavy (non-hydrogen) atoms. The van der Waals surface area contributed by atoms with Gasteiger partial charge in [-0.15, -0.1) is 11.3 Å². The standard InChI is InChI=1S/C15H17N3O2S/c16-15-18-12-7-17-13(19)6-11(14(12)21-15)9-20-8-10-4-2-1-3-5-10/h1-5,11H,6-9H2,(H2,16,18)(H,17,19). The highest BCUT2D eigenvalue weighted by atomic mass is 32.1. The molecule has 3 N–H and O–H groups in total. The van der Waals surface area contributed by atoms with Gasteiger partial charge in [-0.1, -0.05) is 30.3 Å². The summed E-state index contributed by atoms with van der Waals surface area (Å²) in [5, 5.41) is 3.39. The lowest BCUT2D eigenvalue weighted by atomic mass is 10.0. The Hall–Kier alpha value is -1.92. The second-order valence-corrected chi connectivity index (χ2v) is 6.10. The van der Waals surface area contributed by atoms with Crippen LogP contribution in [0.15, 0.2) is 30.3 Å². The molecule has 5 nitrogen and oxygen atoms in total. The Labute approximate surface area is 127 Å². The molecule has 0 radical (unpaired) electrons. The number of fused-ring (bicyclic) bond motifs is 1. The van der Waals surface area contributed by atoms with E-state index in [4.69, 9.17) is 10.5 Å². The molecule has 0 saturated heterocycles. The minimum Gasteiger partial charge on any atom is -0.376 e. The number of carbonyl (C=O) groups excluding carboxylic acids is 1. The number of anilines is 1. The van der Waals surface area contributed by atoms with Gasteiger partial charge in [-0.3, -0.25) is 4.79 Å². The number of hydrogen-bond acceptors (Lipinski definition) is 5. The topological polar surface area (TPSA) is 77.2 Å². The summed E-state index contributed by atoms with van der Waals surface area (Å²) in [6.07, 6.45) is 0.420. The van der Waals surface area contributed by atoms with Crippen LogP contribution in [-0.4, -0.2) is 17.5 Å². The molecule has 1 aromatic heterocycles. The molecule has 6 heteroatoms. The van der Waals surface area contributed by atoms with Crippen molar-refractivity contribution in [3.63, 3.8) is 0 Å². The average Bonchev–Trinajstić information content (AvgIpc) is 2.80. The van der Waals surface area contributed by atoms with Gasteiger partial charge in [0.1, 0.15) is 0 Å². The van der Waals surface area contributed by atoms with E-state index in [1.165, 1.54) is 11.3 Å². The Morgan fingerprint density at radius 2 is 2.19 bits per heavy atom. The second-order valence-electron chi connectivity index (χ2n) is 5.04. The minimum absolute atomic E-state index is 0.0287. The molecule has 0 saturated carbocycles. The Kier molecular flexibility index (Phi) is 4.17. The summed E-state index contributed by atoms with van der Waals surface area (Å²) in [5.74, 6) is 0.0631. The first-order valence-corrected chi connectivity index (χ1v) is 7.67. The summed E-state index contributed by atoms with van der Waals surface area (Å²) in [5.41, 5.74) is 7.78. The van der Waals surface area contributed by atoms with Crippen molar-refractivity contribution in [3.8, 4) is 0 Å². The molecule has 1 unspecified atom stereocenters. The molecule has 0 bridgehead atoms. The van der Waals surface area contributed by atoms with E-state index in [2.05, 4.69) is 10.3 Å². The summed E-state index contributed by atoms with van der Waals surface area (Å²) in [6.45, 7) is 1.50. The van der Waals surface area contributed by atoms with Gasteiger partial charge in [0.2, 0.25) is 5.91 Å². The van der Waals surface area contributed by atoms with E-state index in [1.807, 2.05) is 30.3 Å². The van der Waals surface area contributed by atoms with Crippen molar-refractivity contribution in [2.24, 2.45) is 0 Å². The van der Waals surface area contributed by atoms with E-state index in [-0.39, 0.29) is 11.8 Å². The quantitative estimate of drug-likeness (QED) is 0.906. The first-order chi connectivity index (χ1) is 10.2. The lowest BCUT2D eigenvalue weighted by molar-refractivity contribution is -0.121. The van der Waals surface area contributed by atoms with Crippen LogP contribution in [0.3, 0.4) is 0 Å². The van der Waals surface area contributed by atoms with Crippen molar-refractivity contribution in [2.45, 2.75) is 25.5 Å². The van der Waals surface area contributed by atoms with Gasteiger partial charge < -0.3 is 15.8 Å². The van der Waals surface area contributed by atoms with Crippen molar-refractivity contribution in [1.82, 2.24) is 10.3 Å². The monoisotopic (exact) mass is 303 g/mol. The van der Waals surface area contributed by atoms with Crippen LogP contribution in [-0.2, 0) is 22.7 Å². The maximum atomic E-state index is 11.8. The first kappa shape index (κ1) is 14.0. The normalized spacial score (nSPS) is 17.9. The van der Waals surface area contributed by atoms with Gasteiger partial charge in [0, 0.05) is 17.2 Å².